The number of carbonyl (C=O) groups excluding carboxylic acids is 1. The number of hydrogen-bond acceptors (Lipinski definition) is 5. The molecule has 340 valence electrons. The molecule has 3 atom stereocenters. The van der Waals surface area contributed by atoms with Gasteiger partial charge in [0.05, 0.1) is 18.8 Å². The highest BCUT2D eigenvalue weighted by Crippen LogP contribution is 2.46. The molecule has 0 spiro atoms. The van der Waals surface area contributed by atoms with Gasteiger partial charge in [-0.05, 0) is 38.5 Å². The molecule has 1 fully saturated rings. The minimum Gasteiger partial charge on any atom is -0.441 e. The molecule has 1 N–H and O–H groups in total. The monoisotopic (exact) mass is 808 g/mol. The maximum Gasteiger partial charge on any atom is 0.407 e. The molecule has 1 saturated carbocycles. The Balaban J connectivity index is 2.17. The Morgan fingerprint density at radius 2 is 0.895 bits per heavy atom. The van der Waals surface area contributed by atoms with Crippen LogP contribution in [0.3, 0.4) is 0 Å². The molecule has 1 amide bonds. The molecule has 0 heterocycles. The van der Waals surface area contributed by atoms with Gasteiger partial charge in [0.15, 0.2) is 6.10 Å². The summed E-state index contributed by atoms with van der Waals surface area (Å²) >= 11 is 0. The van der Waals surface area contributed by atoms with Crippen LogP contribution in [0.15, 0.2) is 0 Å². The molecule has 0 aliphatic heterocycles. The van der Waals surface area contributed by atoms with Crippen molar-refractivity contribution in [2.75, 3.05) is 39.6 Å². The van der Waals surface area contributed by atoms with Crippen LogP contribution in [0.1, 0.15) is 259 Å². The van der Waals surface area contributed by atoms with Crippen molar-refractivity contribution in [1.82, 2.24) is 5.32 Å². The number of rotatable bonds is 46. The first-order chi connectivity index (χ1) is 27.9. The summed E-state index contributed by atoms with van der Waals surface area (Å²) in [7, 11) is 0. The molecular weight excluding hydrogens is 707 g/mol. The van der Waals surface area contributed by atoms with Gasteiger partial charge in [0.2, 0.25) is 0 Å². The quantitative estimate of drug-likeness (QED) is 0.0621. The smallest absolute Gasteiger partial charge is 0.407 e. The van der Waals surface area contributed by atoms with Crippen LogP contribution in [0.4, 0.5) is 4.79 Å². The summed E-state index contributed by atoms with van der Waals surface area (Å²) in [4.78, 5) is 12.8. The number of ether oxygens (including phenoxy) is 4. The van der Waals surface area contributed by atoms with Crippen molar-refractivity contribution in [2.24, 2.45) is 11.8 Å². The minimum absolute atomic E-state index is 0.119. The zero-order valence-electron chi connectivity index (χ0n) is 39.3. The minimum atomic E-state index is -0.385. The summed E-state index contributed by atoms with van der Waals surface area (Å²) in [6.45, 7) is 14.9. The van der Waals surface area contributed by atoms with Crippen molar-refractivity contribution < 1.29 is 23.7 Å². The van der Waals surface area contributed by atoms with Crippen LogP contribution in [-0.4, -0.2) is 57.4 Å². The zero-order chi connectivity index (χ0) is 41.3. The number of alkyl carbamates (subject to hydrolysis) is 1. The zero-order valence-corrected chi connectivity index (χ0v) is 39.3. The Morgan fingerprint density at radius 1 is 0.544 bits per heavy atom. The average Bonchev–Trinajstić information content (AvgIpc) is 3.87. The molecule has 0 radical (unpaired) electrons. The Bertz CT molecular complexity index is 800. The Hall–Kier alpha value is -0.850. The maximum absolute atomic E-state index is 12.8. The van der Waals surface area contributed by atoms with E-state index in [0.29, 0.717) is 44.8 Å². The van der Waals surface area contributed by atoms with Gasteiger partial charge in [-0.3, -0.25) is 0 Å². The molecular formula is C51H101NO5. The van der Waals surface area contributed by atoms with E-state index in [2.05, 4.69) is 39.9 Å². The van der Waals surface area contributed by atoms with Crippen molar-refractivity contribution in [3.05, 3.63) is 0 Å². The van der Waals surface area contributed by atoms with E-state index in [9.17, 15) is 4.79 Å². The van der Waals surface area contributed by atoms with E-state index < -0.39 is 0 Å². The van der Waals surface area contributed by atoms with E-state index in [1.54, 1.807) is 0 Å². The van der Waals surface area contributed by atoms with E-state index in [-0.39, 0.29) is 17.8 Å². The van der Waals surface area contributed by atoms with Gasteiger partial charge < -0.3 is 24.3 Å². The predicted octanol–water partition coefficient (Wildman–Crippen LogP) is 15.9. The van der Waals surface area contributed by atoms with E-state index in [0.717, 1.165) is 32.3 Å². The van der Waals surface area contributed by atoms with Gasteiger partial charge in [-0.25, -0.2) is 4.79 Å². The number of nitrogens with one attached hydrogen (secondary N) is 1. The molecule has 0 aromatic heterocycles. The number of hydrogen-bond donors (Lipinski definition) is 1. The molecule has 0 aromatic carbocycles. The molecule has 1 aliphatic rings. The van der Waals surface area contributed by atoms with Crippen molar-refractivity contribution >= 4 is 6.09 Å². The van der Waals surface area contributed by atoms with Gasteiger partial charge in [0, 0.05) is 32.3 Å². The molecule has 1 rings (SSSR count). The second-order valence-electron chi connectivity index (χ2n) is 18.5. The third kappa shape index (κ3) is 35.6. The fourth-order valence-corrected chi connectivity index (χ4v) is 8.04. The van der Waals surface area contributed by atoms with Crippen molar-refractivity contribution in [2.45, 2.75) is 271 Å². The molecule has 1 aliphatic carbocycles. The highest BCUT2D eigenvalue weighted by Gasteiger charge is 2.51. The second-order valence-corrected chi connectivity index (χ2v) is 18.5. The molecule has 0 saturated heterocycles. The van der Waals surface area contributed by atoms with Gasteiger partial charge >= 0.3 is 6.09 Å². The average molecular weight is 808 g/mol. The predicted molar refractivity (Wildman–Crippen MR) is 246 cm³/mol. The van der Waals surface area contributed by atoms with E-state index >= 15 is 0 Å². The fraction of sp³-hybridized carbons (Fsp3) is 0.980. The Morgan fingerprint density at radius 3 is 1.25 bits per heavy atom. The van der Waals surface area contributed by atoms with Crippen molar-refractivity contribution in [3.63, 3.8) is 0 Å². The summed E-state index contributed by atoms with van der Waals surface area (Å²) in [5.74, 6) is 1.03. The maximum atomic E-state index is 12.8. The lowest BCUT2D eigenvalue weighted by atomic mass is 10.0. The first kappa shape index (κ1) is 54.2. The lowest BCUT2D eigenvalue weighted by Crippen LogP contribution is -2.36. The van der Waals surface area contributed by atoms with E-state index in [4.69, 9.17) is 18.9 Å². The molecule has 6 nitrogen and oxygen atoms in total. The summed E-state index contributed by atoms with van der Waals surface area (Å²) in [5, 5.41) is 3.01. The first-order valence-corrected chi connectivity index (χ1v) is 25.7. The SMILES string of the molecule is CCCCCCCCCCCCCCCCCCOCC(COCCCCCCCCCCCCCCCCCC)OC(=O)NCC1CC1(C)OCCC(C)CC. The van der Waals surface area contributed by atoms with Gasteiger partial charge in [0.25, 0.3) is 0 Å². The number of unbranched alkanes of at least 4 members (excludes halogenated alkanes) is 30. The fourth-order valence-electron chi connectivity index (χ4n) is 8.04. The van der Waals surface area contributed by atoms with Crippen LogP contribution in [-0.2, 0) is 18.9 Å². The molecule has 6 heteroatoms. The van der Waals surface area contributed by atoms with Crippen LogP contribution in [0.5, 0.6) is 0 Å². The number of carbonyl (C=O) groups is 1. The van der Waals surface area contributed by atoms with Crippen LogP contribution < -0.4 is 5.32 Å². The van der Waals surface area contributed by atoms with Crippen LogP contribution in [0.25, 0.3) is 0 Å². The number of amides is 1. The second kappa shape index (κ2) is 40.6. The Labute approximate surface area is 356 Å². The molecule has 0 aromatic rings. The first-order valence-electron chi connectivity index (χ1n) is 25.7. The summed E-state index contributed by atoms with van der Waals surface area (Å²) in [5.41, 5.74) is -0.119. The molecule has 57 heavy (non-hydrogen) atoms. The van der Waals surface area contributed by atoms with Crippen molar-refractivity contribution in [3.8, 4) is 0 Å². The topological polar surface area (TPSA) is 66.0 Å². The molecule has 3 unspecified atom stereocenters. The van der Waals surface area contributed by atoms with Gasteiger partial charge in [-0.15, -0.1) is 0 Å². The lowest BCUT2D eigenvalue weighted by Gasteiger charge is -2.19. The third-order valence-electron chi connectivity index (χ3n) is 12.8. The highest BCUT2D eigenvalue weighted by atomic mass is 16.6. The van der Waals surface area contributed by atoms with Gasteiger partial charge in [0.1, 0.15) is 0 Å². The summed E-state index contributed by atoms with van der Waals surface area (Å²) in [6, 6.07) is 0. The van der Waals surface area contributed by atoms with E-state index in [1.165, 1.54) is 199 Å². The normalized spacial score (nSPS) is 17.1. The van der Waals surface area contributed by atoms with Crippen LogP contribution in [0, 0.1) is 11.8 Å². The largest absolute Gasteiger partial charge is 0.441 e. The highest BCUT2D eigenvalue weighted by molar-refractivity contribution is 5.67. The molecule has 0 bridgehead atoms. The summed E-state index contributed by atoms with van der Waals surface area (Å²) < 4.78 is 24.1. The van der Waals surface area contributed by atoms with Gasteiger partial charge in [-0.2, -0.15) is 0 Å². The third-order valence-corrected chi connectivity index (χ3v) is 12.8. The summed E-state index contributed by atoms with van der Waals surface area (Å²) in [6.07, 6.45) is 46.2. The standard InChI is InChI=1S/C51H101NO5/c1-6-9-11-13-15-17-19-21-23-25-27-29-31-33-35-37-40-54-45-49(57-50(53)52-44-48-43-51(48,5)56-42-39-47(4)8-3)46-55-41-38-36-34-32-30-28-26-24-22-20-18-16-14-12-10-7-2/h47-49H,6-46H2,1-5H3,(H,52,53). The Kier molecular flexibility index (Phi) is 38.5. The van der Waals surface area contributed by atoms with Crippen LogP contribution >= 0.6 is 0 Å². The van der Waals surface area contributed by atoms with Gasteiger partial charge in [-0.1, -0.05) is 227 Å². The van der Waals surface area contributed by atoms with Crippen molar-refractivity contribution in [1.29, 1.82) is 0 Å². The van der Waals surface area contributed by atoms with Crippen LogP contribution in [0.2, 0.25) is 0 Å². The lowest BCUT2D eigenvalue weighted by molar-refractivity contribution is -0.0295. The van der Waals surface area contributed by atoms with E-state index in [1.807, 2.05) is 0 Å².